The zero-order valence-corrected chi connectivity index (χ0v) is 21.1. The van der Waals surface area contributed by atoms with Crippen LogP contribution < -0.4 is 24.8 Å². The highest BCUT2D eigenvalue weighted by Crippen LogP contribution is 2.31. The van der Waals surface area contributed by atoms with Crippen molar-refractivity contribution in [3.63, 3.8) is 0 Å². The molecule has 0 radical (unpaired) electrons. The summed E-state index contributed by atoms with van der Waals surface area (Å²) < 4.78 is 38.0. The highest BCUT2D eigenvalue weighted by Gasteiger charge is 2.17. The van der Waals surface area contributed by atoms with E-state index in [1.165, 1.54) is 41.8 Å². The Balaban J connectivity index is 1.40. The third kappa shape index (κ3) is 5.87. The normalized spacial score (nSPS) is 11.0. The summed E-state index contributed by atoms with van der Waals surface area (Å²) in [6, 6.07) is 12.7. The molecular weight excluding hydrogens is 504 g/mol. The largest absolute Gasteiger partial charge is 0.493 e. The van der Waals surface area contributed by atoms with Crippen molar-refractivity contribution >= 4 is 49.7 Å². The van der Waals surface area contributed by atoms with E-state index in [0.29, 0.717) is 28.0 Å². The molecule has 0 bridgehead atoms. The monoisotopic (exact) mass is 526 g/mol. The minimum Gasteiger partial charge on any atom is -0.493 e. The Hall–Kier alpha value is -4.23. The predicted molar refractivity (Wildman–Crippen MR) is 137 cm³/mol. The van der Waals surface area contributed by atoms with E-state index in [1.807, 2.05) is 0 Å². The van der Waals surface area contributed by atoms with Crippen LogP contribution in [0.3, 0.4) is 0 Å². The number of hydrogen-bond acceptors (Lipinski definition) is 10. The highest BCUT2D eigenvalue weighted by molar-refractivity contribution is 7.92. The number of amides is 1. The molecule has 0 atom stereocenters. The minimum atomic E-state index is -3.89. The van der Waals surface area contributed by atoms with E-state index in [0.717, 1.165) is 5.69 Å². The number of nitrogens with one attached hydrogen (secondary N) is 3. The Morgan fingerprint density at radius 1 is 0.944 bits per heavy atom. The number of anilines is 4. The molecule has 3 N–H and O–H groups in total. The van der Waals surface area contributed by atoms with Crippen molar-refractivity contribution in [3.8, 4) is 11.5 Å². The second-order valence-electron chi connectivity index (χ2n) is 7.34. The third-order valence-corrected chi connectivity index (χ3v) is 6.92. The molecule has 2 aromatic heterocycles. The Morgan fingerprint density at radius 2 is 1.67 bits per heavy atom. The lowest BCUT2D eigenvalue weighted by Crippen LogP contribution is -2.16. The number of methoxy groups -OCH3 is 2. The van der Waals surface area contributed by atoms with E-state index >= 15 is 0 Å². The number of sulfonamides is 1. The third-order valence-electron chi connectivity index (χ3n) is 4.81. The van der Waals surface area contributed by atoms with E-state index in [9.17, 15) is 13.2 Å². The molecule has 2 aromatic carbocycles. The van der Waals surface area contributed by atoms with Crippen molar-refractivity contribution in [2.45, 2.75) is 11.8 Å². The number of rotatable bonds is 9. The molecule has 13 heteroatoms. The van der Waals surface area contributed by atoms with E-state index < -0.39 is 15.9 Å². The summed E-state index contributed by atoms with van der Waals surface area (Å²) in [6.45, 7) is 1.73. The lowest BCUT2D eigenvalue weighted by atomic mass is 10.3. The van der Waals surface area contributed by atoms with E-state index in [2.05, 4.69) is 30.3 Å². The maximum atomic E-state index is 12.6. The molecular formula is C23H22N6O5S2. The highest BCUT2D eigenvalue weighted by atomic mass is 32.2. The van der Waals surface area contributed by atoms with Gasteiger partial charge in [-0.15, -0.1) is 11.3 Å². The van der Waals surface area contributed by atoms with E-state index in [-0.39, 0.29) is 16.5 Å². The average Bonchev–Trinajstić information content (AvgIpc) is 3.32. The molecule has 2 heterocycles. The van der Waals surface area contributed by atoms with Crippen molar-refractivity contribution in [2.24, 2.45) is 0 Å². The Labute approximate surface area is 211 Å². The fourth-order valence-corrected chi connectivity index (χ4v) is 4.72. The average molecular weight is 527 g/mol. The van der Waals surface area contributed by atoms with Crippen LogP contribution in [0.5, 0.6) is 11.5 Å². The maximum Gasteiger partial charge on any atom is 0.275 e. The Kier molecular flexibility index (Phi) is 7.31. The molecule has 4 rings (SSSR count). The van der Waals surface area contributed by atoms with Crippen LogP contribution in [0.2, 0.25) is 0 Å². The summed E-state index contributed by atoms with van der Waals surface area (Å²) in [5, 5.41) is 7.96. The second-order valence-corrected chi connectivity index (χ2v) is 9.88. The first-order valence-electron chi connectivity index (χ1n) is 10.5. The van der Waals surface area contributed by atoms with Crippen LogP contribution in [-0.2, 0) is 10.0 Å². The van der Waals surface area contributed by atoms with E-state index in [4.69, 9.17) is 9.47 Å². The smallest absolute Gasteiger partial charge is 0.275 e. The molecule has 1 amide bonds. The summed E-state index contributed by atoms with van der Waals surface area (Å²) in [7, 11) is -0.785. The molecule has 11 nitrogen and oxygen atoms in total. The van der Waals surface area contributed by atoms with Crippen LogP contribution in [0.15, 0.2) is 65.0 Å². The molecule has 4 aromatic rings. The summed E-state index contributed by atoms with van der Waals surface area (Å²) in [4.78, 5) is 24.9. The first-order valence-corrected chi connectivity index (χ1v) is 12.8. The molecule has 186 valence electrons. The summed E-state index contributed by atoms with van der Waals surface area (Å²) in [6.07, 6.45) is 1.46. The van der Waals surface area contributed by atoms with Crippen molar-refractivity contribution in [1.82, 2.24) is 15.0 Å². The van der Waals surface area contributed by atoms with Gasteiger partial charge in [-0.05, 0) is 49.4 Å². The molecule has 36 heavy (non-hydrogen) atoms. The fourth-order valence-electron chi connectivity index (χ4n) is 3.06. The van der Waals surface area contributed by atoms with Gasteiger partial charge in [0.15, 0.2) is 16.6 Å². The molecule has 0 unspecified atom stereocenters. The zero-order chi connectivity index (χ0) is 25.7. The number of carbonyl (C=O) groups excluding carboxylic acids is 1. The standard InChI is InChI=1S/C23H22N6O5S2/c1-14-10-11-24-22(25-14)29-36(31,32)17-7-4-15(5-8-17)26-21(30)18-13-35-23(28-18)27-16-6-9-19(33-2)20(12-16)34-3/h4-13H,1-3H3,(H,26,30)(H,27,28)(H,24,25,29). The topological polar surface area (TPSA) is 144 Å². The van der Waals surface area contributed by atoms with Crippen LogP contribution >= 0.6 is 11.3 Å². The number of nitrogens with zero attached hydrogens (tertiary/aromatic N) is 3. The van der Waals surface area contributed by atoms with Gasteiger partial charge in [0.1, 0.15) is 5.69 Å². The molecule has 0 saturated heterocycles. The molecule has 0 spiro atoms. The summed E-state index contributed by atoms with van der Waals surface area (Å²) >= 11 is 1.26. The maximum absolute atomic E-state index is 12.6. The molecule has 0 saturated carbocycles. The summed E-state index contributed by atoms with van der Waals surface area (Å²) in [5.74, 6) is 0.700. The first kappa shape index (κ1) is 24.9. The van der Waals surface area contributed by atoms with Gasteiger partial charge in [0, 0.05) is 34.7 Å². The Morgan fingerprint density at radius 3 is 2.36 bits per heavy atom. The number of aromatic nitrogens is 3. The lowest BCUT2D eigenvalue weighted by molar-refractivity contribution is 0.102. The first-order chi connectivity index (χ1) is 17.3. The molecule has 0 aliphatic rings. The minimum absolute atomic E-state index is 0.000620. The van der Waals surface area contributed by atoms with E-state index in [1.54, 1.807) is 50.8 Å². The lowest BCUT2D eigenvalue weighted by Gasteiger charge is -2.09. The molecule has 0 fully saturated rings. The zero-order valence-electron chi connectivity index (χ0n) is 19.5. The number of aryl methyl sites for hydroxylation is 1. The predicted octanol–water partition coefficient (Wildman–Crippen LogP) is 4.06. The quantitative estimate of drug-likeness (QED) is 0.294. The van der Waals surface area contributed by atoms with Crippen molar-refractivity contribution < 1.29 is 22.7 Å². The molecule has 0 aliphatic carbocycles. The number of hydrogen-bond donors (Lipinski definition) is 3. The number of thiazole rings is 1. The second kappa shape index (κ2) is 10.6. The van der Waals surface area contributed by atoms with Crippen LogP contribution in [0.1, 0.15) is 16.2 Å². The van der Waals surface area contributed by atoms with Gasteiger partial charge in [-0.3, -0.25) is 4.79 Å². The van der Waals surface area contributed by atoms with Gasteiger partial charge < -0.3 is 20.1 Å². The van der Waals surface area contributed by atoms with Crippen LogP contribution in [0.25, 0.3) is 0 Å². The van der Waals surface area contributed by atoms with Gasteiger partial charge in [0.05, 0.1) is 19.1 Å². The van der Waals surface area contributed by atoms with Gasteiger partial charge in [-0.2, -0.15) is 0 Å². The number of benzene rings is 2. The van der Waals surface area contributed by atoms with Crippen molar-refractivity contribution in [2.75, 3.05) is 29.6 Å². The van der Waals surface area contributed by atoms with Gasteiger partial charge >= 0.3 is 0 Å². The van der Waals surface area contributed by atoms with Gasteiger partial charge in [0.25, 0.3) is 15.9 Å². The fraction of sp³-hybridized carbons (Fsp3) is 0.130. The van der Waals surface area contributed by atoms with Crippen molar-refractivity contribution in [3.05, 3.63) is 71.5 Å². The van der Waals surface area contributed by atoms with Crippen LogP contribution in [-0.4, -0.2) is 43.5 Å². The number of ether oxygens (including phenoxy) is 2. The Bertz CT molecular complexity index is 1490. The van der Waals surface area contributed by atoms with Crippen molar-refractivity contribution in [1.29, 1.82) is 0 Å². The van der Waals surface area contributed by atoms with Gasteiger partial charge in [-0.25, -0.2) is 28.1 Å². The SMILES string of the molecule is COc1ccc(Nc2nc(C(=O)Nc3ccc(S(=O)(=O)Nc4nccc(C)n4)cc3)cs2)cc1OC. The molecule has 0 aliphatic heterocycles. The number of carbonyl (C=O) groups is 1. The summed E-state index contributed by atoms with van der Waals surface area (Å²) in [5.41, 5.74) is 1.96. The van der Waals surface area contributed by atoms with Crippen LogP contribution in [0.4, 0.5) is 22.5 Å². The van der Waals surface area contributed by atoms with Gasteiger partial charge in [0.2, 0.25) is 5.95 Å². The van der Waals surface area contributed by atoms with Gasteiger partial charge in [-0.1, -0.05) is 0 Å². The van der Waals surface area contributed by atoms with Crippen LogP contribution in [0, 0.1) is 6.92 Å².